The van der Waals surface area contributed by atoms with Crippen LogP contribution in [0.25, 0.3) is 4.48 Å². The molecule has 0 aliphatic carbocycles. The van der Waals surface area contributed by atoms with E-state index in [1.54, 1.807) is 0 Å². The third-order valence-corrected chi connectivity index (χ3v) is 3.39. The van der Waals surface area contributed by atoms with Gasteiger partial charge in [0, 0.05) is 16.1 Å². The van der Waals surface area contributed by atoms with Crippen molar-refractivity contribution < 1.29 is 4.74 Å². The molecule has 1 aliphatic heterocycles. The summed E-state index contributed by atoms with van der Waals surface area (Å²) >= 11 is 9.39. The molecule has 1 nitrogen and oxygen atoms in total. The minimum atomic E-state index is 0.259. The molecule has 1 aromatic carbocycles. The van der Waals surface area contributed by atoms with Crippen molar-refractivity contribution in [2.24, 2.45) is 0 Å². The minimum Gasteiger partial charge on any atom is -0.374 e. The van der Waals surface area contributed by atoms with Gasteiger partial charge in [-0.25, -0.2) is 0 Å². The van der Waals surface area contributed by atoms with Crippen molar-refractivity contribution >= 4 is 32.0 Å². The lowest BCUT2D eigenvalue weighted by Crippen LogP contribution is -1.99. The average Bonchev–Trinajstić information content (AvgIpc) is 2.71. The van der Waals surface area contributed by atoms with Gasteiger partial charge in [-0.3, -0.25) is 0 Å². The third-order valence-electron chi connectivity index (χ3n) is 2.42. The summed E-state index contributed by atoms with van der Waals surface area (Å²) in [6.07, 6.45) is 4.65. The van der Waals surface area contributed by atoms with Crippen molar-refractivity contribution in [2.75, 3.05) is 6.61 Å². The van der Waals surface area contributed by atoms with Crippen LogP contribution in [0.2, 0.25) is 5.02 Å². The van der Waals surface area contributed by atoms with E-state index < -0.39 is 0 Å². The van der Waals surface area contributed by atoms with E-state index in [9.17, 15) is 0 Å². The summed E-state index contributed by atoms with van der Waals surface area (Å²) in [4.78, 5) is 0. The van der Waals surface area contributed by atoms with Crippen LogP contribution in [-0.4, -0.2) is 12.7 Å². The molecule has 0 N–H and O–H groups in total. The van der Waals surface area contributed by atoms with Gasteiger partial charge in [-0.2, -0.15) is 0 Å². The highest BCUT2D eigenvalue weighted by atomic mass is 79.9. The topological polar surface area (TPSA) is 9.23 Å². The first-order valence-corrected chi connectivity index (χ1v) is 6.17. The summed E-state index contributed by atoms with van der Waals surface area (Å²) in [5, 5.41) is 0.760. The normalized spacial score (nSPS) is 22.0. The summed E-state index contributed by atoms with van der Waals surface area (Å²) in [5.74, 6) is 0. The van der Waals surface area contributed by atoms with Crippen LogP contribution < -0.4 is 0 Å². The summed E-state index contributed by atoms with van der Waals surface area (Å²) in [6.45, 7) is 0.877. The van der Waals surface area contributed by atoms with Gasteiger partial charge in [-0.1, -0.05) is 39.7 Å². The molecule has 2 rings (SSSR count). The van der Waals surface area contributed by atoms with Crippen LogP contribution >= 0.6 is 27.5 Å². The van der Waals surface area contributed by atoms with Gasteiger partial charge >= 0.3 is 0 Å². The number of ether oxygens (including phenoxy) is 1. The molecule has 1 heterocycles. The average molecular weight is 288 g/mol. The van der Waals surface area contributed by atoms with E-state index in [0.29, 0.717) is 0 Å². The Morgan fingerprint density at radius 2 is 2.13 bits per heavy atom. The molecule has 0 saturated carbocycles. The zero-order chi connectivity index (χ0) is 10.7. The molecule has 0 amide bonds. The fourth-order valence-electron chi connectivity index (χ4n) is 1.60. The van der Waals surface area contributed by atoms with Gasteiger partial charge in [0.2, 0.25) is 0 Å². The van der Waals surface area contributed by atoms with E-state index in [4.69, 9.17) is 16.3 Å². The van der Waals surface area contributed by atoms with Crippen LogP contribution in [-0.2, 0) is 4.74 Å². The van der Waals surface area contributed by atoms with Crippen LogP contribution in [0.1, 0.15) is 18.4 Å². The van der Waals surface area contributed by atoms with Gasteiger partial charge in [-0.05, 0) is 36.6 Å². The fourth-order valence-corrected chi connectivity index (χ4v) is 2.29. The monoisotopic (exact) mass is 286 g/mol. The largest absolute Gasteiger partial charge is 0.374 e. The van der Waals surface area contributed by atoms with Gasteiger partial charge < -0.3 is 4.74 Å². The molecule has 0 unspecified atom stereocenters. The maximum Gasteiger partial charge on any atom is 0.0770 e. The molecule has 0 radical (unpaired) electrons. The number of hydrogen-bond acceptors (Lipinski definition) is 1. The Labute approximate surface area is 103 Å². The van der Waals surface area contributed by atoms with Crippen molar-refractivity contribution in [3.63, 3.8) is 0 Å². The lowest BCUT2D eigenvalue weighted by molar-refractivity contribution is 0.146. The zero-order valence-electron chi connectivity index (χ0n) is 8.25. The quantitative estimate of drug-likeness (QED) is 0.790. The standard InChI is InChI=1S/C12H12BrClO/c13-12(8-11-2-1-7-15-11)9-3-5-10(14)6-4-9/h3-6,8,11H,1-2,7H2/b12-8-/t11-/m0/s1. The molecule has 0 bridgehead atoms. The van der Waals surface area contributed by atoms with E-state index in [1.165, 1.54) is 0 Å². The van der Waals surface area contributed by atoms with E-state index in [2.05, 4.69) is 22.0 Å². The number of halogens is 2. The first-order chi connectivity index (χ1) is 7.25. The molecular formula is C12H12BrClO. The van der Waals surface area contributed by atoms with Gasteiger partial charge in [0.05, 0.1) is 6.10 Å². The van der Waals surface area contributed by atoms with Gasteiger partial charge in [-0.15, -0.1) is 0 Å². The van der Waals surface area contributed by atoms with Crippen LogP contribution in [0.4, 0.5) is 0 Å². The smallest absolute Gasteiger partial charge is 0.0770 e. The summed E-state index contributed by atoms with van der Waals surface area (Å²) in [5.41, 5.74) is 1.13. The number of hydrogen-bond donors (Lipinski definition) is 0. The molecule has 80 valence electrons. The maximum atomic E-state index is 5.83. The van der Waals surface area contributed by atoms with E-state index in [0.717, 1.165) is 34.5 Å². The molecule has 1 atom stereocenters. The van der Waals surface area contributed by atoms with Crippen LogP contribution in [0.3, 0.4) is 0 Å². The highest BCUT2D eigenvalue weighted by Crippen LogP contribution is 2.26. The lowest BCUT2D eigenvalue weighted by atomic mass is 10.1. The molecule has 0 aromatic heterocycles. The Kier molecular flexibility index (Phi) is 3.84. The minimum absolute atomic E-state index is 0.259. The van der Waals surface area contributed by atoms with E-state index >= 15 is 0 Å². The van der Waals surface area contributed by atoms with Crippen LogP contribution in [0.5, 0.6) is 0 Å². The van der Waals surface area contributed by atoms with Gasteiger partial charge in [0.25, 0.3) is 0 Å². The molecule has 0 spiro atoms. The predicted octanol–water partition coefficient (Wildman–Crippen LogP) is 4.25. The SMILES string of the molecule is Clc1ccc(/C(Br)=C/[C@@H]2CCCO2)cc1. The molecule has 1 fully saturated rings. The number of rotatable bonds is 2. The molecule has 1 aromatic rings. The van der Waals surface area contributed by atoms with Crippen molar-refractivity contribution in [1.82, 2.24) is 0 Å². The predicted molar refractivity (Wildman–Crippen MR) is 67.3 cm³/mol. The van der Waals surface area contributed by atoms with Crippen molar-refractivity contribution in [1.29, 1.82) is 0 Å². The Morgan fingerprint density at radius 3 is 2.73 bits per heavy atom. The second-order valence-electron chi connectivity index (χ2n) is 3.57. The van der Waals surface area contributed by atoms with Crippen molar-refractivity contribution in [3.05, 3.63) is 40.9 Å². The summed E-state index contributed by atoms with van der Waals surface area (Å²) in [6, 6.07) is 7.78. The van der Waals surface area contributed by atoms with E-state index in [-0.39, 0.29) is 6.10 Å². The first kappa shape index (κ1) is 11.2. The van der Waals surface area contributed by atoms with E-state index in [1.807, 2.05) is 24.3 Å². The molecule has 1 saturated heterocycles. The summed E-state index contributed by atoms with van der Waals surface area (Å²) in [7, 11) is 0. The Hall–Kier alpha value is -0.310. The molecule has 15 heavy (non-hydrogen) atoms. The maximum absolute atomic E-state index is 5.83. The van der Waals surface area contributed by atoms with Crippen molar-refractivity contribution in [2.45, 2.75) is 18.9 Å². The fraction of sp³-hybridized carbons (Fsp3) is 0.333. The Balaban J connectivity index is 2.12. The first-order valence-electron chi connectivity index (χ1n) is 5.00. The second kappa shape index (κ2) is 5.15. The van der Waals surface area contributed by atoms with Crippen molar-refractivity contribution in [3.8, 4) is 0 Å². The number of benzene rings is 1. The van der Waals surface area contributed by atoms with Gasteiger partial charge in [0.1, 0.15) is 0 Å². The Morgan fingerprint density at radius 1 is 1.40 bits per heavy atom. The lowest BCUT2D eigenvalue weighted by Gasteiger charge is -2.05. The third kappa shape index (κ3) is 3.07. The zero-order valence-corrected chi connectivity index (χ0v) is 10.6. The Bertz CT molecular complexity index is 352. The van der Waals surface area contributed by atoms with Gasteiger partial charge in [0.15, 0.2) is 0 Å². The molecule has 1 aliphatic rings. The molecule has 3 heteroatoms. The van der Waals surface area contributed by atoms with Crippen LogP contribution in [0, 0.1) is 0 Å². The molecular weight excluding hydrogens is 275 g/mol. The summed E-state index contributed by atoms with van der Waals surface area (Å²) < 4.78 is 6.61. The second-order valence-corrected chi connectivity index (χ2v) is 4.86. The van der Waals surface area contributed by atoms with Crippen LogP contribution in [0.15, 0.2) is 30.3 Å². The highest BCUT2D eigenvalue weighted by molar-refractivity contribution is 9.15. The highest BCUT2D eigenvalue weighted by Gasteiger charge is 2.13.